The number of carbonyl (C=O) groups is 3. The molecule has 0 fully saturated rings. The minimum absolute atomic E-state index is 0.0462. The number of hydrogen-bond donors (Lipinski definition) is 3. The van der Waals surface area contributed by atoms with Crippen LogP contribution in [-0.4, -0.2) is 51.6 Å². The molecule has 3 N–H and O–H groups in total. The fraction of sp³-hybridized carbons (Fsp3) is 0.240. The molecule has 1 aromatic heterocycles. The lowest BCUT2D eigenvalue weighted by atomic mass is 9.92. The van der Waals surface area contributed by atoms with Crippen molar-refractivity contribution in [3.05, 3.63) is 176 Å². The summed E-state index contributed by atoms with van der Waals surface area (Å²) in [6.07, 6.45) is 1.53. The third-order valence-corrected chi connectivity index (χ3v) is 12.4. The average molecular weight is 886 g/mol. The second kappa shape index (κ2) is 18.8. The van der Waals surface area contributed by atoms with Crippen molar-refractivity contribution in [1.82, 2.24) is 20.5 Å². The summed E-state index contributed by atoms with van der Waals surface area (Å²) >= 11 is 12.2. The highest BCUT2D eigenvalue weighted by Crippen LogP contribution is 2.41. The van der Waals surface area contributed by atoms with E-state index in [9.17, 15) is 19.5 Å². The summed E-state index contributed by atoms with van der Waals surface area (Å²) in [5.74, 6) is -0.0562. The summed E-state index contributed by atoms with van der Waals surface area (Å²) in [7, 11) is 0. The minimum Gasteiger partial charge on any atom is -0.489 e. The molecule has 0 saturated heterocycles. The summed E-state index contributed by atoms with van der Waals surface area (Å²) in [5.41, 5.74) is 9.01. The largest absolute Gasteiger partial charge is 0.489 e. The van der Waals surface area contributed by atoms with Crippen molar-refractivity contribution < 1.29 is 33.7 Å². The first-order valence-corrected chi connectivity index (χ1v) is 21.4. The second-order valence-electron chi connectivity index (χ2n) is 15.9. The highest BCUT2D eigenvalue weighted by atomic mass is 35.5. The number of benzene rings is 5. The van der Waals surface area contributed by atoms with Crippen molar-refractivity contribution in [1.29, 1.82) is 0 Å². The van der Waals surface area contributed by atoms with Gasteiger partial charge in [0.05, 0.1) is 16.1 Å². The maximum Gasteiger partial charge on any atom is 0.326 e. The molecular formula is C50H46Cl2N4O7. The van der Waals surface area contributed by atoms with Gasteiger partial charge in [-0.25, -0.2) is 9.59 Å². The van der Waals surface area contributed by atoms with E-state index in [0.717, 1.165) is 55.8 Å². The quantitative estimate of drug-likeness (QED) is 0.110. The number of rotatable bonds is 12. The van der Waals surface area contributed by atoms with Crippen molar-refractivity contribution in [3.8, 4) is 28.4 Å². The van der Waals surface area contributed by atoms with E-state index in [4.69, 9.17) is 37.4 Å². The number of aromatic nitrogens is 1. The van der Waals surface area contributed by atoms with E-state index in [1.54, 1.807) is 18.3 Å². The van der Waals surface area contributed by atoms with Crippen LogP contribution < -0.4 is 24.8 Å². The van der Waals surface area contributed by atoms with Gasteiger partial charge in [0.25, 0.3) is 0 Å². The van der Waals surface area contributed by atoms with Gasteiger partial charge in [0.2, 0.25) is 5.91 Å². The molecule has 13 heteroatoms. The molecule has 0 saturated carbocycles. The van der Waals surface area contributed by atoms with Gasteiger partial charge in [-0.1, -0.05) is 96.0 Å². The number of aliphatic carboxylic acids is 1. The molecular weight excluding hydrogens is 839 g/mol. The fourth-order valence-electron chi connectivity index (χ4n) is 7.91. The number of nitrogens with zero attached hydrogens (tertiary/aromatic N) is 2. The summed E-state index contributed by atoms with van der Waals surface area (Å²) in [6.45, 7) is 6.48. The molecule has 3 heterocycles. The Morgan fingerprint density at radius 1 is 0.857 bits per heavy atom. The zero-order valence-electron chi connectivity index (χ0n) is 34.9. The number of nitrogens with one attached hydrogen (secondary N) is 2. The topological polar surface area (TPSA) is 139 Å². The third kappa shape index (κ3) is 9.90. The van der Waals surface area contributed by atoms with Crippen molar-refractivity contribution in [2.75, 3.05) is 6.61 Å². The van der Waals surface area contributed by atoms with Crippen LogP contribution in [0.2, 0.25) is 10.0 Å². The van der Waals surface area contributed by atoms with E-state index in [0.29, 0.717) is 33.9 Å². The normalized spacial score (nSPS) is 16.3. The van der Waals surface area contributed by atoms with Crippen molar-refractivity contribution in [2.45, 2.75) is 71.0 Å². The number of fused-ring (bicyclic) bond motifs is 2. The second-order valence-corrected chi connectivity index (χ2v) is 16.7. The van der Waals surface area contributed by atoms with E-state index in [-0.39, 0.29) is 32.0 Å². The Labute approximate surface area is 375 Å². The predicted octanol–water partition coefficient (Wildman–Crippen LogP) is 9.77. The molecule has 322 valence electrons. The molecule has 11 nitrogen and oxygen atoms in total. The van der Waals surface area contributed by atoms with E-state index >= 15 is 0 Å². The van der Waals surface area contributed by atoms with Gasteiger partial charge in [0, 0.05) is 31.3 Å². The number of aryl methyl sites for hydroxylation is 1. The van der Waals surface area contributed by atoms with Crippen LogP contribution in [0.5, 0.6) is 17.2 Å². The zero-order chi connectivity index (χ0) is 44.2. The van der Waals surface area contributed by atoms with E-state index in [1.807, 2.05) is 124 Å². The molecule has 0 aliphatic carbocycles. The summed E-state index contributed by atoms with van der Waals surface area (Å²) < 4.78 is 18.7. The number of carbonyl (C=O) groups excluding carboxylic acids is 2. The Morgan fingerprint density at radius 3 is 2.32 bits per heavy atom. The van der Waals surface area contributed by atoms with Crippen LogP contribution in [0.3, 0.4) is 0 Å². The van der Waals surface area contributed by atoms with Gasteiger partial charge in [-0.2, -0.15) is 0 Å². The summed E-state index contributed by atoms with van der Waals surface area (Å²) in [6, 6.07) is 32.7. The molecule has 0 bridgehead atoms. The summed E-state index contributed by atoms with van der Waals surface area (Å²) in [5, 5.41) is 17.1. The van der Waals surface area contributed by atoms with Crippen LogP contribution in [0, 0.1) is 13.8 Å². The maximum atomic E-state index is 14.3. The minimum atomic E-state index is -1.25. The monoisotopic (exact) mass is 884 g/mol. The predicted molar refractivity (Wildman–Crippen MR) is 241 cm³/mol. The van der Waals surface area contributed by atoms with Crippen molar-refractivity contribution >= 4 is 41.1 Å². The molecule has 3 amide bonds. The Bertz CT molecular complexity index is 2640. The lowest BCUT2D eigenvalue weighted by molar-refractivity contribution is -0.142. The number of pyridine rings is 1. The molecule has 2 aliphatic rings. The van der Waals surface area contributed by atoms with Gasteiger partial charge in [-0.15, -0.1) is 0 Å². The van der Waals surface area contributed by atoms with Gasteiger partial charge in [0.15, 0.2) is 17.6 Å². The number of urea groups is 1. The van der Waals surface area contributed by atoms with Crippen LogP contribution in [0.4, 0.5) is 4.79 Å². The van der Waals surface area contributed by atoms with Crippen LogP contribution >= 0.6 is 23.2 Å². The highest BCUT2D eigenvalue weighted by molar-refractivity contribution is 6.42. The first-order valence-electron chi connectivity index (χ1n) is 20.7. The van der Waals surface area contributed by atoms with Gasteiger partial charge in [0.1, 0.15) is 31.0 Å². The maximum absolute atomic E-state index is 14.3. The average Bonchev–Trinajstić information content (AvgIpc) is 3.29. The van der Waals surface area contributed by atoms with E-state index in [2.05, 4.69) is 15.6 Å². The number of carboxylic acids is 1. The highest BCUT2D eigenvalue weighted by Gasteiger charge is 2.38. The Morgan fingerprint density at radius 2 is 1.59 bits per heavy atom. The Kier molecular flexibility index (Phi) is 12.9. The van der Waals surface area contributed by atoms with Gasteiger partial charge in [-0.3, -0.25) is 9.78 Å². The van der Waals surface area contributed by atoms with Crippen molar-refractivity contribution in [3.63, 3.8) is 0 Å². The first-order chi connectivity index (χ1) is 30.4. The molecule has 0 spiro atoms. The fourth-order valence-corrected chi connectivity index (χ4v) is 8.23. The summed E-state index contributed by atoms with van der Waals surface area (Å²) in [4.78, 5) is 46.9. The van der Waals surface area contributed by atoms with E-state index < -0.39 is 36.1 Å². The number of carboxylic acid groups (broad SMARTS) is 1. The molecule has 8 rings (SSSR count). The van der Waals surface area contributed by atoms with Gasteiger partial charge in [-0.05, 0) is 113 Å². The molecule has 0 radical (unpaired) electrons. The molecule has 0 unspecified atom stereocenters. The molecule has 2 aliphatic heterocycles. The van der Waals surface area contributed by atoms with Gasteiger partial charge >= 0.3 is 12.0 Å². The molecule has 4 atom stereocenters. The van der Waals surface area contributed by atoms with E-state index in [1.165, 1.54) is 4.90 Å². The molecule has 63 heavy (non-hydrogen) atoms. The Hall–Kier alpha value is -6.56. The standard InChI is InChI=1S/C50H46Cl2N4O7/c1-29-30(2)53-20-19-40(29)35-12-9-32(10-13-35)22-43(49(58)59)55-48(57)44-23-37-24-45-46(25-38(37)26-56(44)50(60)54-31(3)34-7-5-4-6-8-34)63-47(28-62-45)36-14-16-39(17-15-36)61-27-33-11-18-41(51)42(52)21-33/h4-21,24-25,31,43-44,47H,22-23,26-28H2,1-3H3,(H,54,60)(H,55,57)(H,58,59)/t31-,43-,44-,47+/m0/s1. The van der Waals surface area contributed by atoms with Crippen LogP contribution in [-0.2, 0) is 35.6 Å². The van der Waals surface area contributed by atoms with Crippen LogP contribution in [0.25, 0.3) is 11.1 Å². The van der Waals surface area contributed by atoms with Crippen LogP contribution in [0.1, 0.15) is 63.7 Å². The third-order valence-electron chi connectivity index (χ3n) is 11.7. The lowest BCUT2D eigenvalue weighted by Gasteiger charge is -2.38. The SMILES string of the molecule is Cc1nccc(-c2ccc(C[C@H](NC(=O)[C@@H]3Cc4cc5c(cc4CN3C(=O)N[C@@H](C)c3ccccc3)O[C@@H](c3ccc(OCc4ccc(Cl)c(Cl)c4)cc3)CO5)C(=O)O)cc2)c1C. The number of ether oxygens (including phenoxy) is 3. The number of halogens is 2. The van der Waals surface area contributed by atoms with Crippen LogP contribution in [0.15, 0.2) is 121 Å². The van der Waals surface area contributed by atoms with Gasteiger partial charge < -0.3 is 34.9 Å². The lowest BCUT2D eigenvalue weighted by Crippen LogP contribution is -2.57. The molecule has 5 aromatic carbocycles. The molecule has 6 aromatic rings. The number of hydrogen-bond acceptors (Lipinski definition) is 7. The Balaban J connectivity index is 0.987. The number of amides is 3. The van der Waals surface area contributed by atoms with Crippen molar-refractivity contribution in [2.24, 2.45) is 0 Å². The first kappa shape index (κ1) is 43.1. The smallest absolute Gasteiger partial charge is 0.326 e. The zero-order valence-corrected chi connectivity index (χ0v) is 36.5.